The number of nitrogens with zero attached hydrogens (tertiary/aromatic N) is 3. The molecular weight excluding hydrogens is 226 g/mol. The van der Waals surface area contributed by atoms with E-state index < -0.39 is 0 Å². The second-order valence-electron chi connectivity index (χ2n) is 4.28. The van der Waals surface area contributed by atoms with Crippen molar-refractivity contribution in [3.8, 4) is 0 Å². The van der Waals surface area contributed by atoms with Gasteiger partial charge in [0.15, 0.2) is 0 Å². The molecule has 1 aromatic heterocycles. The Kier molecular flexibility index (Phi) is 3.74. The Bertz CT molecular complexity index is 352. The number of piperidine rings is 1. The van der Waals surface area contributed by atoms with E-state index in [2.05, 4.69) is 14.9 Å². The quantitative estimate of drug-likeness (QED) is 0.796. The smallest absolute Gasteiger partial charge is 0.144 e. The van der Waals surface area contributed by atoms with E-state index in [9.17, 15) is 5.11 Å². The number of rotatable bonds is 2. The molecule has 1 aromatic rings. The maximum Gasteiger partial charge on any atom is 0.144 e. The van der Waals surface area contributed by atoms with Gasteiger partial charge in [-0.2, -0.15) is 0 Å². The zero-order valence-corrected chi connectivity index (χ0v) is 10.1. The summed E-state index contributed by atoms with van der Waals surface area (Å²) in [5.74, 6) is 0.735. The highest BCUT2D eigenvalue weighted by molar-refractivity contribution is 6.29. The monoisotopic (exact) mass is 241 g/mol. The van der Waals surface area contributed by atoms with Gasteiger partial charge < -0.3 is 5.11 Å². The van der Waals surface area contributed by atoms with Gasteiger partial charge in [-0.1, -0.05) is 11.6 Å². The molecule has 2 heterocycles. The molecule has 0 radical (unpaired) electrons. The van der Waals surface area contributed by atoms with Gasteiger partial charge in [-0.25, -0.2) is 9.97 Å². The topological polar surface area (TPSA) is 49.2 Å². The van der Waals surface area contributed by atoms with Crippen molar-refractivity contribution in [3.05, 3.63) is 22.7 Å². The van der Waals surface area contributed by atoms with Crippen molar-refractivity contribution < 1.29 is 5.11 Å². The highest BCUT2D eigenvalue weighted by Crippen LogP contribution is 2.13. The Morgan fingerprint density at radius 3 is 3.06 bits per heavy atom. The summed E-state index contributed by atoms with van der Waals surface area (Å²) < 4.78 is 0. The molecule has 0 spiro atoms. The highest BCUT2D eigenvalue weighted by Gasteiger charge is 2.18. The summed E-state index contributed by atoms with van der Waals surface area (Å²) in [6, 6.07) is 1.75. The molecular formula is C11H16ClN3O. The fraction of sp³-hybridized carbons (Fsp3) is 0.636. The van der Waals surface area contributed by atoms with Gasteiger partial charge in [-0.05, 0) is 32.4 Å². The SMILES string of the molecule is Cc1cc(Cl)nc(CN2CCCC(O)C2)n1. The van der Waals surface area contributed by atoms with Crippen LogP contribution in [-0.4, -0.2) is 39.2 Å². The number of β-amino-alcohol motifs (C(OH)–C–C–N with tert-alkyl or cyclic N) is 1. The van der Waals surface area contributed by atoms with Crippen molar-refractivity contribution in [1.29, 1.82) is 0 Å². The highest BCUT2D eigenvalue weighted by atomic mass is 35.5. The number of hydrogen-bond acceptors (Lipinski definition) is 4. The predicted molar refractivity (Wildman–Crippen MR) is 62.3 cm³/mol. The van der Waals surface area contributed by atoms with Crippen molar-refractivity contribution in [3.63, 3.8) is 0 Å². The molecule has 4 nitrogen and oxygen atoms in total. The lowest BCUT2D eigenvalue weighted by molar-refractivity contribution is 0.0655. The average Bonchev–Trinajstić information content (AvgIpc) is 2.15. The predicted octanol–water partition coefficient (Wildman–Crippen LogP) is 1.40. The molecule has 1 atom stereocenters. The van der Waals surface area contributed by atoms with E-state index in [1.165, 1.54) is 0 Å². The van der Waals surface area contributed by atoms with Crippen molar-refractivity contribution in [2.45, 2.75) is 32.4 Å². The Balaban J connectivity index is 2.02. The molecule has 1 aliphatic rings. The summed E-state index contributed by atoms with van der Waals surface area (Å²) in [4.78, 5) is 10.7. The van der Waals surface area contributed by atoms with E-state index in [4.69, 9.17) is 11.6 Å². The third-order valence-corrected chi connectivity index (χ3v) is 2.91. The molecule has 2 rings (SSSR count). The Morgan fingerprint density at radius 1 is 1.56 bits per heavy atom. The van der Waals surface area contributed by atoms with Crippen LogP contribution in [0.1, 0.15) is 24.4 Å². The summed E-state index contributed by atoms with van der Waals surface area (Å²) in [6.07, 6.45) is 1.71. The van der Waals surface area contributed by atoms with Crippen LogP contribution in [0.2, 0.25) is 5.15 Å². The first-order valence-electron chi connectivity index (χ1n) is 5.54. The molecule has 1 aliphatic heterocycles. The molecule has 5 heteroatoms. The van der Waals surface area contributed by atoms with Gasteiger partial charge in [0.05, 0.1) is 12.6 Å². The lowest BCUT2D eigenvalue weighted by Gasteiger charge is -2.29. The van der Waals surface area contributed by atoms with Gasteiger partial charge in [0.2, 0.25) is 0 Å². The fourth-order valence-electron chi connectivity index (χ4n) is 2.03. The molecule has 88 valence electrons. The van der Waals surface area contributed by atoms with Crippen LogP contribution in [0.4, 0.5) is 0 Å². The van der Waals surface area contributed by atoms with Gasteiger partial charge in [-0.3, -0.25) is 4.90 Å². The maximum absolute atomic E-state index is 9.56. The molecule has 0 saturated carbocycles. The number of hydrogen-bond donors (Lipinski definition) is 1. The van der Waals surface area contributed by atoms with Gasteiger partial charge >= 0.3 is 0 Å². The van der Waals surface area contributed by atoms with Crippen LogP contribution in [0.5, 0.6) is 0 Å². The third-order valence-electron chi connectivity index (χ3n) is 2.71. The van der Waals surface area contributed by atoms with Crippen LogP contribution in [0.15, 0.2) is 6.07 Å². The molecule has 0 amide bonds. The minimum atomic E-state index is -0.214. The Morgan fingerprint density at radius 2 is 2.38 bits per heavy atom. The second kappa shape index (κ2) is 5.08. The van der Waals surface area contributed by atoms with E-state index in [-0.39, 0.29) is 6.10 Å². The maximum atomic E-state index is 9.56. The summed E-state index contributed by atoms with van der Waals surface area (Å²) >= 11 is 5.88. The van der Waals surface area contributed by atoms with Crippen LogP contribution >= 0.6 is 11.6 Å². The lowest BCUT2D eigenvalue weighted by atomic mass is 10.1. The van der Waals surface area contributed by atoms with E-state index in [0.29, 0.717) is 18.2 Å². The molecule has 1 N–H and O–H groups in total. The van der Waals surface area contributed by atoms with E-state index >= 15 is 0 Å². The molecule has 1 fully saturated rings. The number of aryl methyl sites for hydroxylation is 1. The molecule has 0 bridgehead atoms. The van der Waals surface area contributed by atoms with Crippen molar-refractivity contribution in [2.75, 3.05) is 13.1 Å². The summed E-state index contributed by atoms with van der Waals surface area (Å²) in [7, 11) is 0. The Labute approximate surface area is 100 Å². The molecule has 0 aromatic carbocycles. The lowest BCUT2D eigenvalue weighted by Crippen LogP contribution is -2.38. The average molecular weight is 242 g/mol. The minimum Gasteiger partial charge on any atom is -0.392 e. The van der Waals surface area contributed by atoms with Crippen LogP contribution in [-0.2, 0) is 6.54 Å². The summed E-state index contributed by atoms with van der Waals surface area (Å²) in [5.41, 5.74) is 0.882. The molecule has 1 saturated heterocycles. The van der Waals surface area contributed by atoms with Crippen LogP contribution in [0, 0.1) is 6.92 Å². The number of aliphatic hydroxyl groups excluding tert-OH is 1. The van der Waals surface area contributed by atoms with Crippen LogP contribution in [0.25, 0.3) is 0 Å². The standard InChI is InChI=1S/C11H16ClN3O/c1-8-5-10(12)14-11(13-8)7-15-4-2-3-9(16)6-15/h5,9,16H,2-4,6-7H2,1H3. The largest absolute Gasteiger partial charge is 0.392 e. The van der Waals surface area contributed by atoms with E-state index in [0.717, 1.165) is 30.9 Å². The second-order valence-corrected chi connectivity index (χ2v) is 4.67. The zero-order chi connectivity index (χ0) is 11.5. The van der Waals surface area contributed by atoms with Crippen molar-refractivity contribution in [2.24, 2.45) is 0 Å². The third kappa shape index (κ3) is 3.14. The van der Waals surface area contributed by atoms with Gasteiger partial charge in [-0.15, -0.1) is 0 Å². The number of aromatic nitrogens is 2. The number of halogens is 1. The van der Waals surface area contributed by atoms with Crippen molar-refractivity contribution >= 4 is 11.6 Å². The molecule has 0 aliphatic carbocycles. The van der Waals surface area contributed by atoms with E-state index in [1.54, 1.807) is 6.07 Å². The number of aliphatic hydroxyl groups is 1. The van der Waals surface area contributed by atoms with Crippen LogP contribution in [0.3, 0.4) is 0 Å². The fourth-order valence-corrected chi connectivity index (χ4v) is 2.29. The normalized spacial score (nSPS) is 22.3. The molecule has 1 unspecified atom stereocenters. The minimum absolute atomic E-state index is 0.214. The summed E-state index contributed by atoms with van der Waals surface area (Å²) in [5, 5.41) is 10.0. The van der Waals surface area contributed by atoms with Gasteiger partial charge in [0.1, 0.15) is 11.0 Å². The van der Waals surface area contributed by atoms with Gasteiger partial charge in [0, 0.05) is 12.2 Å². The number of likely N-dealkylation sites (tertiary alicyclic amines) is 1. The van der Waals surface area contributed by atoms with Gasteiger partial charge in [0.25, 0.3) is 0 Å². The van der Waals surface area contributed by atoms with E-state index in [1.807, 2.05) is 6.92 Å². The first-order chi connectivity index (χ1) is 7.63. The van der Waals surface area contributed by atoms with Crippen molar-refractivity contribution in [1.82, 2.24) is 14.9 Å². The first-order valence-corrected chi connectivity index (χ1v) is 5.92. The first kappa shape index (κ1) is 11.8. The Hall–Kier alpha value is -0.710. The zero-order valence-electron chi connectivity index (χ0n) is 9.36. The van der Waals surface area contributed by atoms with Crippen LogP contribution < -0.4 is 0 Å². The molecule has 16 heavy (non-hydrogen) atoms. The summed E-state index contributed by atoms with van der Waals surface area (Å²) in [6.45, 7) is 4.27.